The first-order valence-corrected chi connectivity index (χ1v) is 7.74. The molecule has 1 aromatic heterocycles. The number of pyridine rings is 1. The van der Waals surface area contributed by atoms with Crippen LogP contribution in [0.3, 0.4) is 0 Å². The summed E-state index contributed by atoms with van der Waals surface area (Å²) in [6.07, 6.45) is 1.92. The highest BCUT2D eigenvalue weighted by atomic mass is 32.2. The molecule has 4 heteroatoms. The van der Waals surface area contributed by atoms with Crippen LogP contribution >= 0.6 is 11.8 Å². The average Bonchev–Trinajstić information content (AvgIpc) is 2.43. The van der Waals surface area contributed by atoms with E-state index in [1.165, 1.54) is 0 Å². The van der Waals surface area contributed by atoms with Crippen LogP contribution in [0, 0.1) is 5.92 Å². The number of benzene rings is 1. The van der Waals surface area contributed by atoms with E-state index in [1.807, 2.05) is 36.2 Å². The van der Waals surface area contributed by atoms with Gasteiger partial charge in [0.1, 0.15) is 0 Å². The molecule has 1 aromatic carbocycles. The highest BCUT2D eigenvalue weighted by Crippen LogP contribution is 2.22. The highest BCUT2D eigenvalue weighted by Gasteiger charge is 2.11. The molecule has 0 radical (unpaired) electrons. The largest absolute Gasteiger partial charge is 0.271 e. The van der Waals surface area contributed by atoms with Gasteiger partial charge >= 0.3 is 0 Å². The second kappa shape index (κ2) is 6.89. The van der Waals surface area contributed by atoms with Crippen LogP contribution in [0.2, 0.25) is 0 Å². The van der Waals surface area contributed by atoms with Gasteiger partial charge in [0, 0.05) is 17.3 Å². The number of fused-ring (bicyclic) bond motifs is 1. The van der Waals surface area contributed by atoms with E-state index < -0.39 is 0 Å². The molecule has 0 fully saturated rings. The number of thioether (sulfide) groups is 1. The van der Waals surface area contributed by atoms with E-state index in [1.54, 1.807) is 0 Å². The van der Waals surface area contributed by atoms with E-state index >= 15 is 0 Å². The number of nitrogens with one attached hydrogen (secondary N) is 1. The van der Waals surface area contributed by atoms with Crippen LogP contribution in [0.15, 0.2) is 36.5 Å². The molecule has 0 saturated heterocycles. The van der Waals surface area contributed by atoms with E-state index in [2.05, 4.69) is 36.4 Å². The number of hydrogen-bond donors (Lipinski definition) is 2. The first kappa shape index (κ1) is 14.3. The highest BCUT2D eigenvalue weighted by molar-refractivity contribution is 7.99. The molecule has 0 aliphatic heterocycles. The number of nitrogens with zero attached hydrogens (tertiary/aromatic N) is 1. The van der Waals surface area contributed by atoms with Crippen molar-refractivity contribution < 1.29 is 0 Å². The van der Waals surface area contributed by atoms with Crippen LogP contribution in [0.1, 0.15) is 25.5 Å². The summed E-state index contributed by atoms with van der Waals surface area (Å²) in [5.74, 6) is 8.50. The van der Waals surface area contributed by atoms with E-state index in [9.17, 15) is 0 Å². The summed E-state index contributed by atoms with van der Waals surface area (Å²) < 4.78 is 0. The second-order valence-electron chi connectivity index (χ2n) is 5.11. The van der Waals surface area contributed by atoms with Crippen molar-refractivity contribution in [1.29, 1.82) is 0 Å². The fourth-order valence-electron chi connectivity index (χ4n) is 1.94. The lowest BCUT2D eigenvalue weighted by Gasteiger charge is -2.16. The van der Waals surface area contributed by atoms with Crippen LogP contribution in [-0.4, -0.2) is 16.5 Å². The van der Waals surface area contributed by atoms with Gasteiger partial charge in [-0.25, -0.2) is 0 Å². The Bertz CT molecular complexity index is 528. The van der Waals surface area contributed by atoms with Gasteiger partial charge < -0.3 is 0 Å². The number of hydrazine groups is 1. The Morgan fingerprint density at radius 1 is 1.26 bits per heavy atom. The smallest absolute Gasteiger partial charge is 0.0702 e. The van der Waals surface area contributed by atoms with Crippen molar-refractivity contribution >= 4 is 22.7 Å². The summed E-state index contributed by atoms with van der Waals surface area (Å²) in [4.78, 5) is 4.49. The lowest BCUT2D eigenvalue weighted by Crippen LogP contribution is -2.30. The lowest BCUT2D eigenvalue weighted by molar-refractivity contribution is 0.608. The zero-order chi connectivity index (χ0) is 13.7. The summed E-state index contributed by atoms with van der Waals surface area (Å²) in [5.41, 5.74) is 5.07. The Hall–Kier alpha value is -1.10. The molecule has 0 saturated carbocycles. The monoisotopic (exact) mass is 275 g/mol. The Balaban J connectivity index is 2.11. The molecule has 102 valence electrons. The number of hydrogen-bond acceptors (Lipinski definition) is 4. The van der Waals surface area contributed by atoms with Gasteiger partial charge in [-0.3, -0.25) is 16.3 Å². The average molecular weight is 275 g/mol. The van der Waals surface area contributed by atoms with Crippen molar-refractivity contribution in [2.75, 3.05) is 11.5 Å². The normalized spacial score (nSPS) is 13.1. The van der Waals surface area contributed by atoms with Crippen LogP contribution < -0.4 is 11.3 Å². The third-order valence-corrected chi connectivity index (χ3v) is 4.42. The molecule has 2 aromatic rings. The number of para-hydroxylation sites is 1. The van der Waals surface area contributed by atoms with Crippen molar-refractivity contribution in [3.05, 3.63) is 42.1 Å². The number of nitrogens with two attached hydrogens (primary N) is 1. The molecular weight excluding hydrogens is 254 g/mol. The molecule has 1 unspecified atom stereocenters. The maximum absolute atomic E-state index is 5.67. The molecule has 0 amide bonds. The number of aromatic nitrogens is 1. The summed E-state index contributed by atoms with van der Waals surface area (Å²) in [6.45, 7) is 4.46. The first-order chi connectivity index (χ1) is 9.20. The molecule has 0 bridgehead atoms. The SMILES string of the molecule is CC(C)CSCC(NN)c1cnc2ccccc2c1. The molecule has 1 atom stereocenters. The lowest BCUT2D eigenvalue weighted by atomic mass is 10.1. The maximum Gasteiger partial charge on any atom is 0.0702 e. The van der Waals surface area contributed by atoms with Gasteiger partial charge in [0.25, 0.3) is 0 Å². The zero-order valence-corrected chi connectivity index (χ0v) is 12.3. The molecular formula is C15H21N3S. The van der Waals surface area contributed by atoms with Crippen LogP contribution in [0.25, 0.3) is 10.9 Å². The second-order valence-corrected chi connectivity index (χ2v) is 6.19. The van der Waals surface area contributed by atoms with E-state index in [4.69, 9.17) is 5.84 Å². The Kier molecular flexibility index (Phi) is 5.19. The van der Waals surface area contributed by atoms with E-state index in [0.717, 1.165) is 28.0 Å². The molecule has 0 spiro atoms. The Morgan fingerprint density at radius 3 is 2.79 bits per heavy atom. The van der Waals surface area contributed by atoms with Crippen molar-refractivity contribution in [1.82, 2.24) is 10.4 Å². The van der Waals surface area contributed by atoms with E-state index in [0.29, 0.717) is 5.92 Å². The van der Waals surface area contributed by atoms with Gasteiger partial charge in [0.2, 0.25) is 0 Å². The molecule has 2 rings (SSSR count). The standard InChI is InChI=1S/C15H21N3S/c1-11(2)9-19-10-15(18-16)13-7-12-5-3-4-6-14(12)17-8-13/h3-8,11,15,18H,9-10,16H2,1-2H3. The van der Waals surface area contributed by atoms with Crippen molar-refractivity contribution in [3.8, 4) is 0 Å². The fourth-order valence-corrected chi connectivity index (χ4v) is 3.07. The van der Waals surface area contributed by atoms with Gasteiger partial charge in [-0.2, -0.15) is 11.8 Å². The first-order valence-electron chi connectivity index (χ1n) is 6.59. The van der Waals surface area contributed by atoms with Crippen LogP contribution in [0.5, 0.6) is 0 Å². The minimum atomic E-state index is 0.154. The molecule has 19 heavy (non-hydrogen) atoms. The predicted molar refractivity (Wildman–Crippen MR) is 84.0 cm³/mol. The van der Waals surface area contributed by atoms with Gasteiger partial charge in [-0.05, 0) is 29.4 Å². The van der Waals surface area contributed by atoms with Gasteiger partial charge in [-0.15, -0.1) is 0 Å². The van der Waals surface area contributed by atoms with Gasteiger partial charge in [0.15, 0.2) is 0 Å². The molecule has 0 aliphatic rings. The maximum atomic E-state index is 5.67. The topological polar surface area (TPSA) is 50.9 Å². The minimum Gasteiger partial charge on any atom is -0.271 e. The van der Waals surface area contributed by atoms with Gasteiger partial charge in [0.05, 0.1) is 11.6 Å². The van der Waals surface area contributed by atoms with Gasteiger partial charge in [-0.1, -0.05) is 32.0 Å². The zero-order valence-electron chi connectivity index (χ0n) is 11.5. The predicted octanol–water partition coefficient (Wildman–Crippen LogP) is 3.13. The van der Waals surface area contributed by atoms with Crippen LogP contribution in [0.4, 0.5) is 0 Å². The summed E-state index contributed by atoms with van der Waals surface area (Å²) in [5, 5.41) is 1.16. The molecule has 3 N–H and O–H groups in total. The summed E-state index contributed by atoms with van der Waals surface area (Å²) >= 11 is 1.92. The molecule has 3 nitrogen and oxygen atoms in total. The van der Waals surface area contributed by atoms with Crippen molar-refractivity contribution in [2.45, 2.75) is 19.9 Å². The summed E-state index contributed by atoms with van der Waals surface area (Å²) in [6, 6.07) is 10.5. The third kappa shape index (κ3) is 3.93. The quantitative estimate of drug-likeness (QED) is 0.628. The van der Waals surface area contributed by atoms with Crippen molar-refractivity contribution in [2.24, 2.45) is 11.8 Å². The molecule has 0 aliphatic carbocycles. The third-order valence-electron chi connectivity index (χ3n) is 2.95. The van der Waals surface area contributed by atoms with E-state index in [-0.39, 0.29) is 6.04 Å². The minimum absolute atomic E-state index is 0.154. The fraction of sp³-hybridized carbons (Fsp3) is 0.400. The number of rotatable bonds is 6. The summed E-state index contributed by atoms with van der Waals surface area (Å²) in [7, 11) is 0. The van der Waals surface area contributed by atoms with Crippen molar-refractivity contribution in [3.63, 3.8) is 0 Å². The molecule has 1 heterocycles. The Labute approximate surface area is 119 Å². The Morgan fingerprint density at radius 2 is 2.05 bits per heavy atom. The van der Waals surface area contributed by atoms with Crippen LogP contribution in [-0.2, 0) is 0 Å².